The topological polar surface area (TPSA) is 97.7 Å². The molecule has 0 spiro atoms. The summed E-state index contributed by atoms with van der Waals surface area (Å²) in [6.07, 6.45) is 0.191. The van der Waals surface area contributed by atoms with Crippen molar-refractivity contribution in [3.05, 3.63) is 0 Å². The molecular formula is C14H18F2O6S. The highest BCUT2D eigenvalue weighted by atomic mass is 32.2. The number of rotatable bonds is 4. The van der Waals surface area contributed by atoms with Crippen LogP contribution in [-0.2, 0) is 24.4 Å². The molecular weight excluding hydrogens is 334 g/mol. The molecule has 4 bridgehead atoms. The molecule has 4 fully saturated rings. The van der Waals surface area contributed by atoms with E-state index in [1.807, 2.05) is 0 Å². The molecule has 3 unspecified atom stereocenters. The Morgan fingerprint density at radius 1 is 1.30 bits per heavy atom. The molecule has 23 heavy (non-hydrogen) atoms. The maximum atomic E-state index is 13.5. The summed E-state index contributed by atoms with van der Waals surface area (Å²) in [6, 6.07) is 0. The summed E-state index contributed by atoms with van der Waals surface area (Å²) in [4.78, 5) is 24.5. The SMILES string of the molecule is CC(OC(=O)C12CC3CC(C1)C(=O)C(C3)C2)C(F)(F)S(=O)(=O)O. The summed E-state index contributed by atoms with van der Waals surface area (Å²) < 4.78 is 61.9. The maximum absolute atomic E-state index is 13.5. The molecule has 1 N–H and O–H groups in total. The van der Waals surface area contributed by atoms with Crippen molar-refractivity contribution in [2.75, 3.05) is 0 Å². The molecule has 6 nitrogen and oxygen atoms in total. The number of alkyl halides is 2. The van der Waals surface area contributed by atoms with Gasteiger partial charge < -0.3 is 4.74 Å². The molecule has 0 saturated heterocycles. The Balaban J connectivity index is 1.78. The molecule has 0 heterocycles. The van der Waals surface area contributed by atoms with Gasteiger partial charge in [0, 0.05) is 11.8 Å². The van der Waals surface area contributed by atoms with Gasteiger partial charge in [0.05, 0.1) is 5.41 Å². The van der Waals surface area contributed by atoms with E-state index >= 15 is 0 Å². The molecule has 0 amide bonds. The molecule has 9 heteroatoms. The van der Waals surface area contributed by atoms with E-state index < -0.39 is 32.9 Å². The minimum Gasteiger partial charge on any atom is -0.454 e. The van der Waals surface area contributed by atoms with Gasteiger partial charge in [-0.1, -0.05) is 0 Å². The lowest BCUT2D eigenvalue weighted by Crippen LogP contribution is -2.56. The van der Waals surface area contributed by atoms with Crippen LogP contribution in [0.15, 0.2) is 0 Å². The summed E-state index contributed by atoms with van der Waals surface area (Å²) in [5.41, 5.74) is -0.978. The van der Waals surface area contributed by atoms with Crippen LogP contribution in [0.25, 0.3) is 0 Å². The largest absolute Gasteiger partial charge is 0.454 e. The average molecular weight is 352 g/mol. The van der Waals surface area contributed by atoms with Crippen LogP contribution >= 0.6 is 0 Å². The first kappa shape index (κ1) is 16.8. The van der Waals surface area contributed by atoms with Crippen molar-refractivity contribution in [3.63, 3.8) is 0 Å². The number of hydrogen-bond acceptors (Lipinski definition) is 5. The van der Waals surface area contributed by atoms with Crippen LogP contribution in [0.3, 0.4) is 0 Å². The fourth-order valence-corrected chi connectivity index (χ4v) is 5.03. The molecule has 3 atom stereocenters. The van der Waals surface area contributed by atoms with Crippen LogP contribution in [-0.4, -0.2) is 36.1 Å². The Hall–Kier alpha value is -1.09. The van der Waals surface area contributed by atoms with Crippen LogP contribution < -0.4 is 0 Å². The molecule has 4 aliphatic carbocycles. The number of ether oxygens (including phenoxy) is 1. The van der Waals surface area contributed by atoms with Gasteiger partial charge in [-0.25, -0.2) is 0 Å². The van der Waals surface area contributed by atoms with Gasteiger partial charge in [-0.15, -0.1) is 0 Å². The number of Topliss-reactive ketones (excluding diaryl/α,β-unsaturated/α-hetero) is 1. The van der Waals surface area contributed by atoms with Crippen LogP contribution in [0.4, 0.5) is 8.78 Å². The van der Waals surface area contributed by atoms with E-state index in [0.29, 0.717) is 6.42 Å². The Kier molecular flexibility index (Phi) is 3.61. The van der Waals surface area contributed by atoms with Crippen molar-refractivity contribution in [3.8, 4) is 0 Å². The van der Waals surface area contributed by atoms with E-state index in [4.69, 9.17) is 9.29 Å². The number of carbonyl (C=O) groups excluding carboxylic acids is 2. The Morgan fingerprint density at radius 2 is 1.83 bits per heavy atom. The zero-order valence-corrected chi connectivity index (χ0v) is 13.3. The smallest absolute Gasteiger partial charge is 0.405 e. The van der Waals surface area contributed by atoms with Gasteiger partial charge in [-0.3, -0.25) is 14.1 Å². The molecule has 0 aromatic carbocycles. The van der Waals surface area contributed by atoms with Gasteiger partial charge in [-0.2, -0.15) is 17.2 Å². The van der Waals surface area contributed by atoms with Gasteiger partial charge in [-0.05, 0) is 44.9 Å². The third-order valence-corrected chi connectivity index (χ3v) is 6.55. The summed E-state index contributed by atoms with van der Waals surface area (Å²) in [7, 11) is -5.68. The molecule has 0 radical (unpaired) electrons. The zero-order valence-electron chi connectivity index (χ0n) is 12.5. The summed E-state index contributed by atoms with van der Waals surface area (Å²) in [5, 5.41) is -4.57. The fourth-order valence-electron chi connectivity index (χ4n) is 4.56. The first-order chi connectivity index (χ1) is 10.5. The van der Waals surface area contributed by atoms with Crippen molar-refractivity contribution in [2.45, 2.75) is 50.4 Å². The van der Waals surface area contributed by atoms with Crippen molar-refractivity contribution in [1.82, 2.24) is 0 Å². The minimum atomic E-state index is -5.68. The van der Waals surface area contributed by atoms with Crippen LogP contribution in [0.1, 0.15) is 39.0 Å². The maximum Gasteiger partial charge on any atom is 0.405 e. The lowest BCUT2D eigenvalue weighted by molar-refractivity contribution is -0.186. The van der Waals surface area contributed by atoms with Crippen molar-refractivity contribution in [2.24, 2.45) is 23.2 Å². The first-order valence-corrected chi connectivity index (χ1v) is 9.00. The number of hydrogen-bond donors (Lipinski definition) is 1. The summed E-state index contributed by atoms with van der Waals surface area (Å²) in [5.74, 6) is -1.01. The highest BCUT2D eigenvalue weighted by Crippen LogP contribution is 2.59. The standard InChI is InChI=1S/C14H18F2O6S/c1-7(14(15,16)23(19,20)21)22-12(18)13-4-8-2-9(5-13)11(17)10(3-8)6-13/h7-10H,2-6H2,1H3,(H,19,20,21). The predicted molar refractivity (Wildman–Crippen MR) is 73.0 cm³/mol. The number of esters is 1. The average Bonchev–Trinajstić information content (AvgIpc) is 2.42. The van der Waals surface area contributed by atoms with E-state index in [1.165, 1.54) is 0 Å². The monoisotopic (exact) mass is 352 g/mol. The Labute approximate surface area is 132 Å². The van der Waals surface area contributed by atoms with Crippen molar-refractivity contribution in [1.29, 1.82) is 0 Å². The fraction of sp³-hybridized carbons (Fsp3) is 0.857. The Bertz CT molecular complexity index is 640. The summed E-state index contributed by atoms with van der Waals surface area (Å²) >= 11 is 0. The number of ketones is 1. The van der Waals surface area contributed by atoms with Crippen LogP contribution in [0, 0.1) is 23.2 Å². The van der Waals surface area contributed by atoms with Crippen LogP contribution in [0.5, 0.6) is 0 Å². The van der Waals surface area contributed by atoms with Gasteiger partial charge in [0.25, 0.3) is 0 Å². The van der Waals surface area contributed by atoms with E-state index in [0.717, 1.165) is 19.8 Å². The third-order valence-electron chi connectivity index (χ3n) is 5.53. The van der Waals surface area contributed by atoms with Gasteiger partial charge >= 0.3 is 21.3 Å². The molecule has 4 saturated carbocycles. The van der Waals surface area contributed by atoms with E-state index in [1.54, 1.807) is 0 Å². The predicted octanol–water partition coefficient (Wildman–Crippen LogP) is 1.79. The molecule has 0 aliphatic heterocycles. The highest BCUT2D eigenvalue weighted by Gasteiger charge is 2.60. The quantitative estimate of drug-likeness (QED) is 0.612. The minimum absolute atomic E-state index is 0.140. The molecule has 4 rings (SSSR count). The second-order valence-electron chi connectivity index (χ2n) is 7.11. The van der Waals surface area contributed by atoms with E-state index in [-0.39, 0.29) is 36.4 Å². The molecule has 4 aliphatic rings. The first-order valence-electron chi connectivity index (χ1n) is 7.56. The summed E-state index contributed by atoms with van der Waals surface area (Å²) in [6.45, 7) is 0.733. The lowest BCUT2D eigenvalue weighted by Gasteiger charge is -2.54. The molecule has 130 valence electrons. The molecule has 0 aromatic rings. The second-order valence-corrected chi connectivity index (χ2v) is 8.61. The van der Waals surface area contributed by atoms with E-state index in [9.17, 15) is 26.8 Å². The van der Waals surface area contributed by atoms with Crippen LogP contribution in [0.2, 0.25) is 0 Å². The van der Waals surface area contributed by atoms with Gasteiger partial charge in [0.1, 0.15) is 5.78 Å². The van der Waals surface area contributed by atoms with Crippen molar-refractivity contribution < 1.29 is 36.1 Å². The number of halogens is 2. The highest BCUT2D eigenvalue weighted by molar-refractivity contribution is 7.86. The third kappa shape index (κ3) is 2.48. The van der Waals surface area contributed by atoms with Gasteiger partial charge in [0.2, 0.25) is 0 Å². The second kappa shape index (κ2) is 4.95. The lowest BCUT2D eigenvalue weighted by atomic mass is 9.49. The normalized spacial score (nSPS) is 37.7. The van der Waals surface area contributed by atoms with E-state index in [2.05, 4.69) is 0 Å². The van der Waals surface area contributed by atoms with Crippen molar-refractivity contribution >= 4 is 21.9 Å². The number of carbonyl (C=O) groups is 2. The Morgan fingerprint density at radius 3 is 2.30 bits per heavy atom. The zero-order chi connectivity index (χ0) is 17.2. The molecule has 0 aromatic heterocycles. The van der Waals surface area contributed by atoms with Gasteiger partial charge in [0.15, 0.2) is 6.10 Å².